The fraction of sp³-hybridized carbons (Fsp3) is 0.118. The molecular weight excluding hydrogens is 318 g/mol. The topological polar surface area (TPSA) is 90.0 Å². The van der Waals surface area contributed by atoms with Crippen molar-refractivity contribution in [2.24, 2.45) is 0 Å². The Morgan fingerprint density at radius 2 is 2.04 bits per heavy atom. The smallest absolute Gasteiger partial charge is 0.246 e. The molecule has 3 aromatic heterocycles. The second kappa shape index (κ2) is 6.16. The van der Waals surface area contributed by atoms with Crippen molar-refractivity contribution < 1.29 is 4.79 Å². The summed E-state index contributed by atoms with van der Waals surface area (Å²) in [6, 6.07) is 11.6. The van der Waals surface area contributed by atoms with Gasteiger partial charge < -0.3 is 9.72 Å². The molecule has 0 fully saturated rings. The van der Waals surface area contributed by atoms with E-state index in [2.05, 4.69) is 25.8 Å². The van der Waals surface area contributed by atoms with E-state index in [-0.39, 0.29) is 12.5 Å². The fourth-order valence-corrected chi connectivity index (χ4v) is 2.55. The summed E-state index contributed by atoms with van der Waals surface area (Å²) in [4.78, 5) is 16.6. The Kier molecular flexibility index (Phi) is 3.70. The molecule has 0 atom stereocenters. The quantitative estimate of drug-likeness (QED) is 0.616. The lowest BCUT2D eigenvalue weighted by Crippen LogP contribution is -2.19. The van der Waals surface area contributed by atoms with Gasteiger partial charge in [0.25, 0.3) is 0 Å². The van der Waals surface area contributed by atoms with Gasteiger partial charge in [0.05, 0.1) is 5.69 Å². The van der Waals surface area contributed by atoms with E-state index in [0.717, 1.165) is 16.9 Å². The van der Waals surface area contributed by atoms with Crippen LogP contribution in [0, 0.1) is 6.92 Å². The first-order valence-corrected chi connectivity index (χ1v) is 7.74. The van der Waals surface area contributed by atoms with Gasteiger partial charge in [0.15, 0.2) is 0 Å². The maximum absolute atomic E-state index is 11.9. The molecule has 0 bridgehead atoms. The molecule has 1 N–H and O–H groups in total. The number of aryl methyl sites for hydroxylation is 1. The third kappa shape index (κ3) is 3.23. The van der Waals surface area contributed by atoms with Crippen molar-refractivity contribution in [1.29, 1.82) is 0 Å². The molecule has 4 aromatic rings. The van der Waals surface area contributed by atoms with E-state index in [0.29, 0.717) is 5.69 Å². The zero-order valence-corrected chi connectivity index (χ0v) is 13.5. The lowest BCUT2D eigenvalue weighted by atomic mass is 10.1. The van der Waals surface area contributed by atoms with Crippen molar-refractivity contribution >= 4 is 17.2 Å². The third-order valence-corrected chi connectivity index (χ3v) is 3.78. The van der Waals surface area contributed by atoms with E-state index in [1.807, 2.05) is 60.1 Å². The average Bonchev–Trinajstić information content (AvgIpc) is 3.24. The van der Waals surface area contributed by atoms with Crippen molar-refractivity contribution in [3.05, 3.63) is 60.7 Å². The van der Waals surface area contributed by atoms with Crippen LogP contribution in [0.15, 0.2) is 55.1 Å². The molecule has 0 aliphatic rings. The molecule has 25 heavy (non-hydrogen) atoms. The van der Waals surface area contributed by atoms with E-state index < -0.39 is 0 Å². The lowest BCUT2D eigenvalue weighted by Gasteiger charge is -2.05. The Morgan fingerprint density at radius 3 is 2.80 bits per heavy atom. The van der Waals surface area contributed by atoms with E-state index in [4.69, 9.17) is 0 Å². The van der Waals surface area contributed by atoms with Crippen LogP contribution < -0.4 is 5.32 Å². The highest BCUT2D eigenvalue weighted by molar-refractivity contribution is 5.90. The minimum Gasteiger partial charge on any atom is -0.324 e. The normalized spacial score (nSPS) is 10.9. The molecule has 0 saturated carbocycles. The van der Waals surface area contributed by atoms with Crippen molar-refractivity contribution in [2.45, 2.75) is 13.5 Å². The molecule has 0 aliphatic carbocycles. The van der Waals surface area contributed by atoms with Crippen molar-refractivity contribution in [3.8, 4) is 11.3 Å². The number of hydrogen-bond donors (Lipinski definition) is 1. The molecule has 8 heteroatoms. The number of anilines is 1. The predicted octanol–water partition coefficient (Wildman–Crippen LogP) is 1.93. The van der Waals surface area contributed by atoms with Crippen LogP contribution in [0.5, 0.6) is 0 Å². The van der Waals surface area contributed by atoms with Gasteiger partial charge in [0, 0.05) is 23.6 Å². The summed E-state index contributed by atoms with van der Waals surface area (Å²) in [7, 11) is 0. The molecule has 0 unspecified atom stereocenters. The highest BCUT2D eigenvalue weighted by Crippen LogP contribution is 2.21. The minimum absolute atomic E-state index is 0.0700. The number of rotatable bonds is 4. The fourth-order valence-electron chi connectivity index (χ4n) is 2.55. The summed E-state index contributed by atoms with van der Waals surface area (Å²) < 4.78 is 3.35. The average molecular weight is 333 g/mol. The van der Waals surface area contributed by atoms with Gasteiger partial charge in [-0.1, -0.05) is 12.1 Å². The second-order valence-corrected chi connectivity index (χ2v) is 5.73. The first-order valence-electron chi connectivity index (χ1n) is 7.74. The van der Waals surface area contributed by atoms with Crippen molar-refractivity contribution in [1.82, 2.24) is 29.6 Å². The Labute approximate surface area is 143 Å². The lowest BCUT2D eigenvalue weighted by molar-refractivity contribution is -0.116. The van der Waals surface area contributed by atoms with Gasteiger partial charge in [-0.3, -0.25) is 4.79 Å². The van der Waals surface area contributed by atoms with Crippen LogP contribution >= 0.6 is 0 Å². The highest BCUT2D eigenvalue weighted by Gasteiger charge is 2.07. The molecule has 1 amide bonds. The van der Waals surface area contributed by atoms with Crippen LogP contribution in [0.4, 0.5) is 5.69 Å². The summed E-state index contributed by atoms with van der Waals surface area (Å²) in [6.45, 7) is 2.11. The van der Waals surface area contributed by atoms with Gasteiger partial charge >= 0.3 is 0 Å². The van der Waals surface area contributed by atoms with Gasteiger partial charge in [-0.2, -0.15) is 0 Å². The Balaban J connectivity index is 1.50. The van der Waals surface area contributed by atoms with Crippen LogP contribution in [0.1, 0.15) is 5.56 Å². The van der Waals surface area contributed by atoms with Crippen LogP contribution in [0.3, 0.4) is 0 Å². The van der Waals surface area contributed by atoms with Gasteiger partial charge in [0.1, 0.15) is 18.5 Å². The summed E-state index contributed by atoms with van der Waals surface area (Å²) in [6.07, 6.45) is 5.38. The number of tetrazole rings is 1. The first kappa shape index (κ1) is 15.0. The number of fused-ring (bicyclic) bond motifs is 1. The number of amides is 1. The van der Waals surface area contributed by atoms with E-state index >= 15 is 0 Å². The van der Waals surface area contributed by atoms with Gasteiger partial charge in [-0.15, -0.1) is 5.10 Å². The molecule has 8 nitrogen and oxygen atoms in total. The largest absolute Gasteiger partial charge is 0.324 e. The summed E-state index contributed by atoms with van der Waals surface area (Å²) in [5.41, 5.74) is 4.66. The number of nitrogens with zero attached hydrogens (tertiary/aromatic N) is 6. The van der Waals surface area contributed by atoms with Crippen LogP contribution in [0.2, 0.25) is 0 Å². The molecule has 0 radical (unpaired) electrons. The van der Waals surface area contributed by atoms with Gasteiger partial charge in [-0.25, -0.2) is 9.67 Å². The monoisotopic (exact) mass is 333 g/mol. The van der Waals surface area contributed by atoms with E-state index in [1.54, 1.807) is 0 Å². The molecule has 3 heterocycles. The predicted molar refractivity (Wildman–Crippen MR) is 91.8 cm³/mol. The second-order valence-electron chi connectivity index (χ2n) is 5.73. The third-order valence-electron chi connectivity index (χ3n) is 3.78. The maximum Gasteiger partial charge on any atom is 0.246 e. The Bertz CT molecular complexity index is 1020. The van der Waals surface area contributed by atoms with Crippen molar-refractivity contribution in [2.75, 3.05) is 5.32 Å². The molecule has 0 aliphatic heterocycles. The number of carbonyl (C=O) groups is 1. The molecule has 0 spiro atoms. The standard InChI is InChI=1S/C17H15N7O/c1-12-6-7-23-9-15(20-16(23)8-12)13-2-4-14(5-3-13)19-17(25)10-24-11-18-21-22-24/h2-9,11H,10H2,1H3,(H,19,25). The summed E-state index contributed by atoms with van der Waals surface area (Å²) >= 11 is 0. The number of aromatic nitrogens is 6. The van der Waals surface area contributed by atoms with Gasteiger partial charge in [-0.05, 0) is 47.2 Å². The highest BCUT2D eigenvalue weighted by atomic mass is 16.2. The SMILES string of the molecule is Cc1ccn2cc(-c3ccc(NC(=O)Cn4cnnn4)cc3)nc2c1. The number of imidazole rings is 1. The Morgan fingerprint density at radius 1 is 1.20 bits per heavy atom. The number of hydrogen-bond acceptors (Lipinski definition) is 5. The zero-order valence-electron chi connectivity index (χ0n) is 13.5. The van der Waals surface area contributed by atoms with Crippen LogP contribution in [-0.4, -0.2) is 35.5 Å². The van der Waals surface area contributed by atoms with Crippen molar-refractivity contribution in [3.63, 3.8) is 0 Å². The minimum atomic E-state index is -0.191. The maximum atomic E-state index is 11.9. The van der Waals surface area contributed by atoms with Crippen LogP contribution in [0.25, 0.3) is 16.9 Å². The summed E-state index contributed by atoms with van der Waals surface area (Å²) in [5.74, 6) is -0.191. The number of nitrogens with one attached hydrogen (secondary N) is 1. The van der Waals surface area contributed by atoms with E-state index in [1.165, 1.54) is 16.6 Å². The van der Waals surface area contributed by atoms with Gasteiger partial charge in [0.2, 0.25) is 5.91 Å². The molecule has 4 rings (SSSR count). The first-order chi connectivity index (χ1) is 12.2. The van der Waals surface area contributed by atoms with Crippen LogP contribution in [-0.2, 0) is 11.3 Å². The molecule has 1 aromatic carbocycles. The molecule has 0 saturated heterocycles. The number of benzene rings is 1. The number of pyridine rings is 1. The Hall–Kier alpha value is -3.55. The summed E-state index contributed by atoms with van der Waals surface area (Å²) in [5, 5.41) is 13.5. The zero-order chi connectivity index (χ0) is 17.2. The molecular formula is C17H15N7O. The molecule has 124 valence electrons. The van der Waals surface area contributed by atoms with E-state index in [9.17, 15) is 4.79 Å². The number of carbonyl (C=O) groups excluding carboxylic acids is 1.